The zero-order valence-electron chi connectivity index (χ0n) is 13.8. The summed E-state index contributed by atoms with van der Waals surface area (Å²) in [7, 11) is 3.52. The molecular weight excluding hydrogens is 282 g/mol. The van der Waals surface area contributed by atoms with Crippen LogP contribution in [0.2, 0.25) is 0 Å². The third kappa shape index (κ3) is 4.87. The van der Waals surface area contributed by atoms with Crippen LogP contribution in [0, 0.1) is 11.8 Å². The first-order chi connectivity index (χ1) is 10.6. The molecule has 0 saturated carbocycles. The number of amides is 3. The van der Waals surface area contributed by atoms with Crippen molar-refractivity contribution in [3.05, 3.63) is 0 Å². The second-order valence-corrected chi connectivity index (χ2v) is 6.60. The maximum Gasteiger partial charge on any atom is 0.319 e. The van der Waals surface area contributed by atoms with Crippen LogP contribution in [0.1, 0.15) is 32.1 Å². The Balaban J connectivity index is 1.63. The Morgan fingerprint density at radius 3 is 2.55 bits per heavy atom. The Labute approximate surface area is 133 Å². The Morgan fingerprint density at radius 2 is 1.95 bits per heavy atom. The first-order valence-electron chi connectivity index (χ1n) is 8.39. The molecule has 126 valence electrons. The standard InChI is InChI=1S/C16H29N3O3/c1-18(2)16(21)19-9-6-14(7-10-19)15(20)17-8-5-13-4-3-11-22-12-13/h13-14H,3-12H2,1-2H3,(H,17,20)/t13-/m1/s1. The first-order valence-corrected chi connectivity index (χ1v) is 8.39. The number of nitrogens with zero attached hydrogens (tertiary/aromatic N) is 2. The maximum atomic E-state index is 12.2. The van der Waals surface area contributed by atoms with Crippen molar-refractivity contribution in [1.29, 1.82) is 0 Å². The van der Waals surface area contributed by atoms with Gasteiger partial charge in [-0.1, -0.05) is 0 Å². The Morgan fingerprint density at radius 1 is 1.23 bits per heavy atom. The van der Waals surface area contributed by atoms with Gasteiger partial charge in [0.2, 0.25) is 5.91 Å². The molecule has 0 radical (unpaired) electrons. The predicted octanol–water partition coefficient (Wildman–Crippen LogP) is 1.31. The van der Waals surface area contributed by atoms with E-state index >= 15 is 0 Å². The normalized spacial score (nSPS) is 23.2. The van der Waals surface area contributed by atoms with Gasteiger partial charge in [0.25, 0.3) is 0 Å². The van der Waals surface area contributed by atoms with Gasteiger partial charge in [-0.25, -0.2) is 4.79 Å². The Hall–Kier alpha value is -1.30. The van der Waals surface area contributed by atoms with Gasteiger partial charge >= 0.3 is 6.03 Å². The molecule has 22 heavy (non-hydrogen) atoms. The number of piperidine rings is 1. The number of nitrogens with one attached hydrogen (secondary N) is 1. The highest BCUT2D eigenvalue weighted by atomic mass is 16.5. The molecule has 2 fully saturated rings. The summed E-state index contributed by atoms with van der Waals surface area (Å²) in [5.41, 5.74) is 0. The molecule has 0 aromatic carbocycles. The summed E-state index contributed by atoms with van der Waals surface area (Å²) in [6.45, 7) is 3.80. The van der Waals surface area contributed by atoms with E-state index in [9.17, 15) is 9.59 Å². The smallest absolute Gasteiger partial charge is 0.319 e. The number of urea groups is 1. The van der Waals surface area contributed by atoms with Gasteiger partial charge in [-0.15, -0.1) is 0 Å². The molecule has 1 atom stereocenters. The van der Waals surface area contributed by atoms with Crippen LogP contribution in [-0.4, -0.2) is 68.7 Å². The molecule has 0 aromatic heterocycles. The SMILES string of the molecule is CN(C)C(=O)N1CCC(C(=O)NCC[C@H]2CCCOC2)CC1. The monoisotopic (exact) mass is 311 g/mol. The van der Waals surface area contributed by atoms with E-state index < -0.39 is 0 Å². The summed E-state index contributed by atoms with van der Waals surface area (Å²) < 4.78 is 5.46. The van der Waals surface area contributed by atoms with Gasteiger partial charge in [-0.2, -0.15) is 0 Å². The summed E-state index contributed by atoms with van der Waals surface area (Å²) in [5, 5.41) is 3.06. The molecule has 2 saturated heterocycles. The molecule has 2 rings (SSSR count). The average molecular weight is 311 g/mol. The summed E-state index contributed by atoms with van der Waals surface area (Å²) in [6, 6.07) is 0.0381. The Bertz CT molecular complexity index is 373. The van der Waals surface area contributed by atoms with Gasteiger partial charge < -0.3 is 19.9 Å². The average Bonchev–Trinajstić information content (AvgIpc) is 2.55. The van der Waals surface area contributed by atoms with Gasteiger partial charge in [-0.3, -0.25) is 4.79 Å². The fourth-order valence-corrected chi connectivity index (χ4v) is 3.19. The van der Waals surface area contributed by atoms with E-state index in [2.05, 4.69) is 5.32 Å². The van der Waals surface area contributed by atoms with Crippen molar-refractivity contribution in [3.63, 3.8) is 0 Å². The minimum atomic E-state index is 0.0381. The zero-order chi connectivity index (χ0) is 15.9. The molecule has 0 bridgehead atoms. The van der Waals surface area contributed by atoms with E-state index in [0.717, 1.165) is 45.4 Å². The number of carbonyl (C=O) groups excluding carboxylic acids is 2. The molecule has 3 amide bonds. The second kappa shape index (κ2) is 8.36. The van der Waals surface area contributed by atoms with Gasteiger partial charge in [-0.05, 0) is 38.0 Å². The van der Waals surface area contributed by atoms with Crippen LogP contribution in [0.4, 0.5) is 4.79 Å². The van der Waals surface area contributed by atoms with Gasteiger partial charge in [0, 0.05) is 52.9 Å². The fourth-order valence-electron chi connectivity index (χ4n) is 3.19. The lowest BCUT2D eigenvalue weighted by atomic mass is 9.95. The zero-order valence-corrected chi connectivity index (χ0v) is 13.8. The quantitative estimate of drug-likeness (QED) is 0.851. The number of likely N-dealkylation sites (tertiary alicyclic amines) is 1. The van der Waals surface area contributed by atoms with E-state index in [1.54, 1.807) is 19.0 Å². The first kappa shape index (κ1) is 17.1. The van der Waals surface area contributed by atoms with E-state index in [1.165, 1.54) is 6.42 Å². The number of carbonyl (C=O) groups is 2. The molecule has 0 spiro atoms. The van der Waals surface area contributed by atoms with Crippen molar-refractivity contribution in [2.24, 2.45) is 11.8 Å². The predicted molar refractivity (Wildman–Crippen MR) is 84.5 cm³/mol. The van der Waals surface area contributed by atoms with Crippen LogP contribution in [0.15, 0.2) is 0 Å². The fraction of sp³-hybridized carbons (Fsp3) is 0.875. The van der Waals surface area contributed by atoms with Crippen molar-refractivity contribution in [1.82, 2.24) is 15.1 Å². The minimum absolute atomic E-state index is 0.0381. The molecule has 6 heteroatoms. The van der Waals surface area contributed by atoms with E-state index in [0.29, 0.717) is 19.0 Å². The van der Waals surface area contributed by atoms with Gasteiger partial charge in [0.15, 0.2) is 0 Å². The Kier molecular flexibility index (Phi) is 6.49. The summed E-state index contributed by atoms with van der Waals surface area (Å²) >= 11 is 0. The van der Waals surface area contributed by atoms with E-state index in [1.807, 2.05) is 4.90 Å². The topological polar surface area (TPSA) is 61.9 Å². The van der Waals surface area contributed by atoms with E-state index in [-0.39, 0.29) is 17.9 Å². The molecule has 0 aliphatic carbocycles. The lowest BCUT2D eigenvalue weighted by molar-refractivity contribution is -0.126. The lowest BCUT2D eigenvalue weighted by Gasteiger charge is -2.33. The van der Waals surface area contributed by atoms with Crippen molar-refractivity contribution in [2.45, 2.75) is 32.1 Å². The van der Waals surface area contributed by atoms with Crippen LogP contribution in [0.25, 0.3) is 0 Å². The third-order valence-corrected chi connectivity index (χ3v) is 4.63. The highest BCUT2D eigenvalue weighted by Crippen LogP contribution is 2.19. The largest absolute Gasteiger partial charge is 0.381 e. The molecule has 0 unspecified atom stereocenters. The summed E-state index contributed by atoms with van der Waals surface area (Å²) in [5.74, 6) is 0.788. The summed E-state index contributed by atoms with van der Waals surface area (Å²) in [6.07, 6.45) is 4.87. The highest BCUT2D eigenvalue weighted by molar-refractivity contribution is 5.79. The molecule has 6 nitrogen and oxygen atoms in total. The molecular formula is C16H29N3O3. The maximum absolute atomic E-state index is 12.2. The molecule has 2 aliphatic rings. The number of rotatable bonds is 4. The van der Waals surface area contributed by atoms with Crippen molar-refractivity contribution in [2.75, 3.05) is 46.9 Å². The molecule has 2 heterocycles. The molecule has 0 aromatic rings. The lowest BCUT2D eigenvalue weighted by Crippen LogP contribution is -2.46. The van der Waals surface area contributed by atoms with Crippen LogP contribution >= 0.6 is 0 Å². The minimum Gasteiger partial charge on any atom is -0.381 e. The van der Waals surface area contributed by atoms with Gasteiger partial charge in [0.1, 0.15) is 0 Å². The van der Waals surface area contributed by atoms with Crippen molar-refractivity contribution in [3.8, 4) is 0 Å². The molecule has 2 aliphatic heterocycles. The second-order valence-electron chi connectivity index (χ2n) is 6.60. The van der Waals surface area contributed by atoms with Crippen molar-refractivity contribution >= 4 is 11.9 Å². The van der Waals surface area contributed by atoms with Crippen LogP contribution in [-0.2, 0) is 9.53 Å². The van der Waals surface area contributed by atoms with E-state index in [4.69, 9.17) is 4.74 Å². The number of hydrogen-bond acceptors (Lipinski definition) is 3. The van der Waals surface area contributed by atoms with Crippen LogP contribution in [0.3, 0.4) is 0 Å². The van der Waals surface area contributed by atoms with Crippen LogP contribution < -0.4 is 5.32 Å². The third-order valence-electron chi connectivity index (χ3n) is 4.63. The number of hydrogen-bond donors (Lipinski definition) is 1. The highest BCUT2D eigenvalue weighted by Gasteiger charge is 2.27. The van der Waals surface area contributed by atoms with Gasteiger partial charge in [0.05, 0.1) is 0 Å². The molecule has 1 N–H and O–H groups in total. The summed E-state index contributed by atoms with van der Waals surface area (Å²) in [4.78, 5) is 27.5. The van der Waals surface area contributed by atoms with Crippen LogP contribution in [0.5, 0.6) is 0 Å². The van der Waals surface area contributed by atoms with Crippen molar-refractivity contribution < 1.29 is 14.3 Å². The number of ether oxygens (including phenoxy) is 1.